The molecule has 0 atom stereocenters. The summed E-state index contributed by atoms with van der Waals surface area (Å²) in [5, 5.41) is 5.56. The van der Waals surface area contributed by atoms with Gasteiger partial charge in [0.15, 0.2) is 0 Å². The van der Waals surface area contributed by atoms with Crippen molar-refractivity contribution in [3.8, 4) is 11.5 Å². The number of benzene rings is 2. The van der Waals surface area contributed by atoms with E-state index in [9.17, 15) is 4.79 Å². The third-order valence-electron chi connectivity index (χ3n) is 3.01. The van der Waals surface area contributed by atoms with Crippen LogP contribution in [-0.2, 0) is 0 Å². The van der Waals surface area contributed by atoms with Crippen LogP contribution in [-0.4, -0.2) is 20.3 Å². The van der Waals surface area contributed by atoms with E-state index < -0.39 is 0 Å². The predicted octanol–water partition coefficient (Wildman–Crippen LogP) is 3.66. The van der Waals surface area contributed by atoms with E-state index in [1.54, 1.807) is 38.5 Å². The maximum Gasteiger partial charge on any atom is 0.323 e. The number of hydrogen-bond acceptors (Lipinski definition) is 3. The molecular weight excluding hydrogens is 268 g/mol. The molecule has 0 saturated carbocycles. The molecule has 0 bridgehead atoms. The highest BCUT2D eigenvalue weighted by Crippen LogP contribution is 2.22. The highest BCUT2D eigenvalue weighted by Gasteiger charge is 2.06. The summed E-state index contributed by atoms with van der Waals surface area (Å²) in [5.74, 6) is 1.44. The van der Waals surface area contributed by atoms with Crippen molar-refractivity contribution < 1.29 is 14.3 Å². The standard InChI is InChI=1S/C16H18N2O3/c1-11-9-14(21-3)7-8-15(11)18-16(19)17-12-5-4-6-13(10-12)20-2/h4-10H,1-3H3,(H2,17,18,19). The number of rotatable bonds is 4. The second-order valence-corrected chi connectivity index (χ2v) is 4.49. The Hall–Kier alpha value is -2.69. The number of anilines is 2. The lowest BCUT2D eigenvalue weighted by atomic mass is 10.2. The summed E-state index contributed by atoms with van der Waals surface area (Å²) in [5.41, 5.74) is 2.32. The fraction of sp³-hybridized carbons (Fsp3) is 0.188. The van der Waals surface area contributed by atoms with Crippen molar-refractivity contribution >= 4 is 17.4 Å². The van der Waals surface area contributed by atoms with E-state index in [-0.39, 0.29) is 6.03 Å². The highest BCUT2D eigenvalue weighted by atomic mass is 16.5. The van der Waals surface area contributed by atoms with Gasteiger partial charge in [0.1, 0.15) is 11.5 Å². The average Bonchev–Trinajstić information content (AvgIpc) is 2.49. The van der Waals surface area contributed by atoms with Crippen molar-refractivity contribution in [1.82, 2.24) is 0 Å². The summed E-state index contributed by atoms with van der Waals surface area (Å²) in [4.78, 5) is 12.0. The number of ether oxygens (including phenoxy) is 2. The van der Waals surface area contributed by atoms with E-state index in [0.717, 1.165) is 17.0 Å². The maximum atomic E-state index is 12.0. The third kappa shape index (κ3) is 3.89. The monoisotopic (exact) mass is 286 g/mol. The zero-order valence-corrected chi connectivity index (χ0v) is 12.3. The van der Waals surface area contributed by atoms with Gasteiger partial charge in [0.25, 0.3) is 0 Å². The Bertz CT molecular complexity index is 641. The second kappa shape index (κ2) is 6.65. The molecule has 2 rings (SSSR count). The summed E-state index contributed by atoms with van der Waals surface area (Å²) in [6, 6.07) is 12.3. The minimum absolute atomic E-state index is 0.309. The molecule has 0 aliphatic rings. The van der Waals surface area contributed by atoms with Gasteiger partial charge in [-0.15, -0.1) is 0 Å². The van der Waals surface area contributed by atoms with Crippen molar-refractivity contribution in [3.63, 3.8) is 0 Å². The Labute approximate surface area is 123 Å². The molecule has 21 heavy (non-hydrogen) atoms. The molecule has 0 aliphatic heterocycles. The number of hydrogen-bond donors (Lipinski definition) is 2. The van der Waals surface area contributed by atoms with E-state index in [2.05, 4.69) is 10.6 Å². The fourth-order valence-corrected chi connectivity index (χ4v) is 1.89. The Balaban J connectivity index is 2.04. The molecule has 0 aliphatic carbocycles. The van der Waals surface area contributed by atoms with Gasteiger partial charge in [-0.3, -0.25) is 0 Å². The van der Waals surface area contributed by atoms with Gasteiger partial charge in [-0.1, -0.05) is 6.07 Å². The number of methoxy groups -OCH3 is 2. The molecule has 0 heterocycles. The van der Waals surface area contributed by atoms with Gasteiger partial charge in [0, 0.05) is 17.4 Å². The van der Waals surface area contributed by atoms with Crippen LogP contribution in [0.4, 0.5) is 16.2 Å². The van der Waals surface area contributed by atoms with Gasteiger partial charge >= 0.3 is 6.03 Å². The molecule has 5 nitrogen and oxygen atoms in total. The number of urea groups is 1. The van der Waals surface area contributed by atoms with Crippen LogP contribution in [0.3, 0.4) is 0 Å². The first-order valence-electron chi connectivity index (χ1n) is 6.49. The lowest BCUT2D eigenvalue weighted by molar-refractivity contribution is 0.262. The van der Waals surface area contributed by atoms with Crippen LogP contribution in [0.2, 0.25) is 0 Å². The molecule has 0 spiro atoms. The van der Waals surface area contributed by atoms with Crippen LogP contribution >= 0.6 is 0 Å². The number of carbonyl (C=O) groups is 1. The summed E-state index contributed by atoms with van der Waals surface area (Å²) in [6.07, 6.45) is 0. The molecule has 5 heteroatoms. The van der Waals surface area contributed by atoms with E-state index in [4.69, 9.17) is 9.47 Å². The van der Waals surface area contributed by atoms with Crippen LogP contribution in [0.15, 0.2) is 42.5 Å². The largest absolute Gasteiger partial charge is 0.497 e. The minimum Gasteiger partial charge on any atom is -0.497 e. The Kier molecular flexibility index (Phi) is 4.66. The van der Waals surface area contributed by atoms with E-state index in [1.165, 1.54) is 0 Å². The van der Waals surface area contributed by atoms with Crippen LogP contribution in [0, 0.1) is 6.92 Å². The molecule has 2 aromatic rings. The first-order valence-corrected chi connectivity index (χ1v) is 6.49. The highest BCUT2D eigenvalue weighted by molar-refractivity contribution is 6.00. The maximum absolute atomic E-state index is 12.0. The molecule has 0 aromatic heterocycles. The van der Waals surface area contributed by atoms with Crippen molar-refractivity contribution in [3.05, 3.63) is 48.0 Å². The number of amides is 2. The molecule has 110 valence electrons. The van der Waals surface area contributed by atoms with Gasteiger partial charge < -0.3 is 20.1 Å². The summed E-state index contributed by atoms with van der Waals surface area (Å²) >= 11 is 0. The molecule has 0 saturated heterocycles. The van der Waals surface area contributed by atoms with Crippen molar-refractivity contribution in [2.24, 2.45) is 0 Å². The van der Waals surface area contributed by atoms with Crippen molar-refractivity contribution in [1.29, 1.82) is 0 Å². The molecular formula is C16H18N2O3. The van der Waals surface area contributed by atoms with Gasteiger partial charge in [-0.25, -0.2) is 4.79 Å². The smallest absolute Gasteiger partial charge is 0.323 e. The number of carbonyl (C=O) groups excluding carboxylic acids is 1. The Morgan fingerprint density at radius 1 is 0.952 bits per heavy atom. The molecule has 0 unspecified atom stereocenters. The number of nitrogens with one attached hydrogen (secondary N) is 2. The van der Waals surface area contributed by atoms with Gasteiger partial charge in [-0.2, -0.15) is 0 Å². The van der Waals surface area contributed by atoms with E-state index in [1.807, 2.05) is 25.1 Å². The predicted molar refractivity (Wildman–Crippen MR) is 83.4 cm³/mol. The SMILES string of the molecule is COc1cccc(NC(=O)Nc2ccc(OC)cc2C)c1. The van der Waals surface area contributed by atoms with Crippen LogP contribution in [0.5, 0.6) is 11.5 Å². The fourth-order valence-electron chi connectivity index (χ4n) is 1.89. The van der Waals surface area contributed by atoms with Crippen LogP contribution < -0.4 is 20.1 Å². The topological polar surface area (TPSA) is 59.6 Å². The lowest BCUT2D eigenvalue weighted by Gasteiger charge is -2.11. The normalized spacial score (nSPS) is 9.86. The average molecular weight is 286 g/mol. The van der Waals surface area contributed by atoms with E-state index >= 15 is 0 Å². The molecule has 2 amide bonds. The van der Waals surface area contributed by atoms with Crippen LogP contribution in [0.25, 0.3) is 0 Å². The lowest BCUT2D eigenvalue weighted by Crippen LogP contribution is -2.19. The zero-order valence-electron chi connectivity index (χ0n) is 12.3. The Morgan fingerprint density at radius 3 is 2.33 bits per heavy atom. The van der Waals surface area contributed by atoms with Crippen LogP contribution in [0.1, 0.15) is 5.56 Å². The summed E-state index contributed by atoms with van der Waals surface area (Å²) in [7, 11) is 3.19. The molecule has 2 N–H and O–H groups in total. The van der Waals surface area contributed by atoms with E-state index in [0.29, 0.717) is 11.4 Å². The third-order valence-corrected chi connectivity index (χ3v) is 3.01. The quantitative estimate of drug-likeness (QED) is 0.901. The van der Waals surface area contributed by atoms with Crippen molar-refractivity contribution in [2.75, 3.05) is 24.9 Å². The molecule has 0 radical (unpaired) electrons. The van der Waals surface area contributed by atoms with Gasteiger partial charge in [-0.05, 0) is 42.8 Å². The number of aryl methyl sites for hydroxylation is 1. The Morgan fingerprint density at radius 2 is 1.67 bits per heavy atom. The second-order valence-electron chi connectivity index (χ2n) is 4.49. The minimum atomic E-state index is -0.309. The zero-order chi connectivity index (χ0) is 15.2. The first kappa shape index (κ1) is 14.7. The van der Waals surface area contributed by atoms with Gasteiger partial charge in [0.2, 0.25) is 0 Å². The van der Waals surface area contributed by atoms with Crippen molar-refractivity contribution in [2.45, 2.75) is 6.92 Å². The van der Waals surface area contributed by atoms with Gasteiger partial charge in [0.05, 0.1) is 14.2 Å². The first-order chi connectivity index (χ1) is 10.1. The molecule has 2 aromatic carbocycles. The summed E-state index contributed by atoms with van der Waals surface area (Å²) < 4.78 is 10.2. The molecule has 0 fully saturated rings. The summed E-state index contributed by atoms with van der Waals surface area (Å²) in [6.45, 7) is 1.91.